The Labute approximate surface area is 131 Å². The maximum atomic E-state index is 11.9. The first-order valence-corrected chi connectivity index (χ1v) is 7.75. The highest BCUT2D eigenvalue weighted by Crippen LogP contribution is 2.28. The van der Waals surface area contributed by atoms with Crippen molar-refractivity contribution in [3.05, 3.63) is 14.5 Å². The fourth-order valence-corrected chi connectivity index (χ4v) is 2.82. The summed E-state index contributed by atoms with van der Waals surface area (Å²) in [6.45, 7) is 3.66. The van der Waals surface area contributed by atoms with E-state index in [1.807, 2.05) is 6.92 Å². The molecule has 0 saturated heterocycles. The number of rotatable bonds is 7. The molecule has 0 fully saturated rings. The fourth-order valence-electron chi connectivity index (χ4n) is 1.48. The fraction of sp³-hybridized carbons (Fsp3) is 0.583. The highest BCUT2D eigenvalue weighted by Gasteiger charge is 2.24. The number of halogens is 2. The molecule has 0 aliphatic heterocycles. The molecule has 1 heterocycles. The number of thiazole rings is 1. The summed E-state index contributed by atoms with van der Waals surface area (Å²) in [6.07, 6.45) is 1.86. The van der Waals surface area contributed by atoms with Crippen LogP contribution in [0.25, 0.3) is 0 Å². The average molecular weight is 339 g/mol. The first-order valence-electron chi connectivity index (χ1n) is 6.18. The van der Waals surface area contributed by atoms with Crippen LogP contribution in [0.2, 0.25) is 8.80 Å². The molecular weight excluding hydrogens is 323 g/mol. The molecule has 1 atom stereocenters. The number of nitrogens with zero attached hydrogens (tertiary/aromatic N) is 1. The predicted octanol–water partition coefficient (Wildman–Crippen LogP) is 2.84. The molecule has 0 spiro atoms. The number of carbonyl (C=O) groups is 2. The van der Waals surface area contributed by atoms with Crippen molar-refractivity contribution < 1.29 is 14.3 Å². The SMILES string of the molecule is CCCCOC(=O)C(Cc1nc(Cl)sc1Cl)NC(C)=O. The number of aromatic nitrogens is 1. The van der Waals surface area contributed by atoms with Crippen molar-refractivity contribution in [2.45, 2.75) is 39.2 Å². The Morgan fingerprint density at radius 3 is 2.65 bits per heavy atom. The Kier molecular flexibility index (Phi) is 7.26. The monoisotopic (exact) mass is 338 g/mol. The predicted molar refractivity (Wildman–Crippen MR) is 79.3 cm³/mol. The van der Waals surface area contributed by atoms with Gasteiger partial charge >= 0.3 is 5.97 Å². The zero-order valence-electron chi connectivity index (χ0n) is 11.2. The average Bonchev–Trinajstić information content (AvgIpc) is 2.66. The zero-order chi connectivity index (χ0) is 15.1. The number of amides is 1. The summed E-state index contributed by atoms with van der Waals surface area (Å²) < 4.78 is 5.82. The number of nitrogens with one attached hydrogen (secondary N) is 1. The van der Waals surface area contributed by atoms with Gasteiger partial charge in [0.15, 0.2) is 4.47 Å². The van der Waals surface area contributed by atoms with Gasteiger partial charge in [0.1, 0.15) is 10.4 Å². The van der Waals surface area contributed by atoms with Gasteiger partial charge in [0.05, 0.1) is 12.3 Å². The maximum absolute atomic E-state index is 11.9. The van der Waals surface area contributed by atoms with E-state index < -0.39 is 12.0 Å². The Balaban J connectivity index is 2.70. The third kappa shape index (κ3) is 5.64. The normalized spacial score (nSPS) is 12.0. The second-order valence-corrected chi connectivity index (χ2v) is 6.35. The van der Waals surface area contributed by atoms with E-state index in [2.05, 4.69) is 10.3 Å². The minimum absolute atomic E-state index is 0.159. The van der Waals surface area contributed by atoms with Gasteiger partial charge in [-0.15, -0.1) is 0 Å². The first kappa shape index (κ1) is 17.2. The molecule has 1 rings (SSSR count). The largest absolute Gasteiger partial charge is 0.464 e. The number of ether oxygens (including phenoxy) is 1. The van der Waals surface area contributed by atoms with Crippen molar-refractivity contribution >= 4 is 46.4 Å². The number of hydrogen-bond donors (Lipinski definition) is 1. The van der Waals surface area contributed by atoms with Gasteiger partial charge < -0.3 is 10.1 Å². The van der Waals surface area contributed by atoms with Crippen LogP contribution in [0.3, 0.4) is 0 Å². The van der Waals surface area contributed by atoms with Gasteiger partial charge in [-0.1, -0.05) is 47.9 Å². The molecule has 5 nitrogen and oxygen atoms in total. The molecular formula is C12H16Cl2N2O3S. The van der Waals surface area contributed by atoms with E-state index >= 15 is 0 Å². The lowest BCUT2D eigenvalue weighted by molar-refractivity contribution is -0.147. The Morgan fingerprint density at radius 1 is 1.45 bits per heavy atom. The van der Waals surface area contributed by atoms with Crippen LogP contribution in [0.15, 0.2) is 0 Å². The van der Waals surface area contributed by atoms with Gasteiger partial charge in [-0.2, -0.15) is 0 Å². The summed E-state index contributed by atoms with van der Waals surface area (Å²) >= 11 is 12.8. The lowest BCUT2D eigenvalue weighted by Gasteiger charge is -2.16. The van der Waals surface area contributed by atoms with E-state index in [0.29, 0.717) is 21.1 Å². The third-order valence-corrected chi connectivity index (χ3v) is 3.87. The van der Waals surface area contributed by atoms with Gasteiger partial charge in [0, 0.05) is 13.3 Å². The lowest BCUT2D eigenvalue weighted by atomic mass is 10.1. The van der Waals surface area contributed by atoms with Crippen molar-refractivity contribution in [1.82, 2.24) is 10.3 Å². The molecule has 0 saturated carbocycles. The quantitative estimate of drug-likeness (QED) is 0.613. The van der Waals surface area contributed by atoms with Gasteiger partial charge in [-0.25, -0.2) is 9.78 Å². The molecule has 1 aromatic heterocycles. The van der Waals surface area contributed by atoms with E-state index in [-0.39, 0.29) is 12.3 Å². The van der Waals surface area contributed by atoms with E-state index in [0.717, 1.165) is 24.2 Å². The number of esters is 1. The lowest BCUT2D eigenvalue weighted by Crippen LogP contribution is -2.42. The van der Waals surface area contributed by atoms with Gasteiger partial charge in [-0.05, 0) is 6.42 Å². The molecule has 1 unspecified atom stereocenters. The molecule has 1 aromatic rings. The summed E-state index contributed by atoms with van der Waals surface area (Å²) in [4.78, 5) is 27.1. The molecule has 20 heavy (non-hydrogen) atoms. The molecule has 1 amide bonds. The first-order chi connectivity index (χ1) is 9.43. The minimum atomic E-state index is -0.806. The van der Waals surface area contributed by atoms with Crippen molar-refractivity contribution in [2.24, 2.45) is 0 Å². The molecule has 8 heteroatoms. The van der Waals surface area contributed by atoms with Crippen molar-refractivity contribution in [2.75, 3.05) is 6.61 Å². The maximum Gasteiger partial charge on any atom is 0.329 e. The third-order valence-electron chi connectivity index (χ3n) is 2.43. The van der Waals surface area contributed by atoms with Crippen LogP contribution in [0.1, 0.15) is 32.4 Å². The topological polar surface area (TPSA) is 68.3 Å². The summed E-state index contributed by atoms with van der Waals surface area (Å²) in [5.41, 5.74) is 0.479. The Hall–Kier alpha value is -0.850. The number of unbranched alkanes of at least 4 members (excludes halogenated alkanes) is 1. The van der Waals surface area contributed by atoms with Crippen LogP contribution in [0.5, 0.6) is 0 Å². The number of hydrogen-bond acceptors (Lipinski definition) is 5. The van der Waals surface area contributed by atoms with Crippen molar-refractivity contribution in [1.29, 1.82) is 0 Å². The number of carbonyl (C=O) groups excluding carboxylic acids is 2. The molecule has 0 aliphatic carbocycles. The van der Waals surface area contributed by atoms with Crippen LogP contribution in [-0.4, -0.2) is 29.5 Å². The highest BCUT2D eigenvalue weighted by molar-refractivity contribution is 7.19. The molecule has 0 aliphatic rings. The minimum Gasteiger partial charge on any atom is -0.464 e. The van der Waals surface area contributed by atoms with E-state index in [9.17, 15) is 9.59 Å². The second-order valence-electron chi connectivity index (χ2n) is 4.17. The summed E-state index contributed by atoms with van der Waals surface area (Å²) in [5.74, 6) is -0.811. The van der Waals surface area contributed by atoms with Crippen molar-refractivity contribution in [3.8, 4) is 0 Å². The molecule has 1 N–H and O–H groups in total. The molecule has 0 radical (unpaired) electrons. The van der Waals surface area contributed by atoms with Crippen LogP contribution >= 0.6 is 34.5 Å². The standard InChI is InChI=1S/C12H16Cl2N2O3S/c1-3-4-5-19-11(18)9(15-7(2)17)6-8-10(13)20-12(14)16-8/h9H,3-6H2,1-2H3,(H,15,17). The van der Waals surface area contributed by atoms with Crippen LogP contribution in [0, 0.1) is 0 Å². The van der Waals surface area contributed by atoms with Crippen LogP contribution < -0.4 is 5.32 Å². The molecule has 0 bridgehead atoms. The Morgan fingerprint density at radius 2 is 2.15 bits per heavy atom. The summed E-state index contributed by atoms with van der Waals surface area (Å²) in [6, 6.07) is -0.806. The smallest absolute Gasteiger partial charge is 0.329 e. The summed E-state index contributed by atoms with van der Waals surface area (Å²) in [7, 11) is 0. The van der Waals surface area contributed by atoms with Gasteiger partial charge in [0.2, 0.25) is 5.91 Å². The van der Waals surface area contributed by atoms with Crippen molar-refractivity contribution in [3.63, 3.8) is 0 Å². The van der Waals surface area contributed by atoms with Crippen LogP contribution in [0.4, 0.5) is 0 Å². The highest BCUT2D eigenvalue weighted by atomic mass is 35.5. The Bertz CT molecular complexity index is 479. The van der Waals surface area contributed by atoms with E-state index in [4.69, 9.17) is 27.9 Å². The van der Waals surface area contributed by atoms with E-state index in [1.54, 1.807) is 0 Å². The molecule has 0 aromatic carbocycles. The van der Waals surface area contributed by atoms with Gasteiger partial charge in [0.25, 0.3) is 0 Å². The van der Waals surface area contributed by atoms with Crippen LogP contribution in [-0.2, 0) is 20.7 Å². The van der Waals surface area contributed by atoms with Gasteiger partial charge in [-0.3, -0.25) is 4.79 Å². The summed E-state index contributed by atoms with van der Waals surface area (Å²) in [5, 5.41) is 2.54. The molecule has 112 valence electrons. The zero-order valence-corrected chi connectivity index (χ0v) is 13.6. The second kappa shape index (κ2) is 8.44. The van der Waals surface area contributed by atoms with E-state index in [1.165, 1.54) is 6.92 Å².